The van der Waals surface area contributed by atoms with Gasteiger partial charge < -0.3 is 10.6 Å². The Morgan fingerprint density at radius 3 is 2.39 bits per heavy atom. The van der Waals surface area contributed by atoms with Crippen molar-refractivity contribution in [3.8, 4) is 11.1 Å². The Morgan fingerprint density at radius 2 is 1.66 bits per heavy atom. The molecule has 4 nitrogen and oxygen atoms in total. The molecule has 0 bridgehead atoms. The van der Waals surface area contributed by atoms with Gasteiger partial charge in [-0.25, -0.2) is 0 Å². The minimum atomic E-state index is -4.41. The van der Waals surface area contributed by atoms with E-state index in [9.17, 15) is 18.0 Å². The van der Waals surface area contributed by atoms with E-state index in [1.54, 1.807) is 12.1 Å². The molecule has 0 spiro atoms. The van der Waals surface area contributed by atoms with Crippen LogP contribution in [0.3, 0.4) is 0 Å². The van der Waals surface area contributed by atoms with Gasteiger partial charge in [-0.05, 0) is 97.0 Å². The van der Waals surface area contributed by atoms with Crippen molar-refractivity contribution in [2.75, 3.05) is 5.32 Å². The summed E-state index contributed by atoms with van der Waals surface area (Å²) in [5.74, 6) is -0.304. The molecule has 3 aromatic carbocycles. The second-order valence-electron chi connectivity index (χ2n) is 9.77. The summed E-state index contributed by atoms with van der Waals surface area (Å²) in [7, 11) is 0. The Hall–Kier alpha value is -3.97. The highest BCUT2D eigenvalue weighted by Gasteiger charge is 2.30. The van der Waals surface area contributed by atoms with Crippen LogP contribution in [0, 0.1) is 13.8 Å². The first-order chi connectivity index (χ1) is 18.2. The highest BCUT2D eigenvalue weighted by molar-refractivity contribution is 6.09. The number of hydrogen-bond donors (Lipinski definition) is 2. The van der Waals surface area contributed by atoms with Gasteiger partial charge in [0, 0.05) is 29.5 Å². The standard InChI is InChI=1S/C31H28F3N3O/c1-19-5-3-8-28(29(19)21-9-12-24(13-10-21)31(32,33)34)30(38)37-25-14-11-22-15-27(17-23(22)16-25)35-18-26-7-4-6-20(2)36-26/h3-14,16,27,35H,15,17-18H2,1-2H3,(H,37,38). The smallest absolute Gasteiger partial charge is 0.322 e. The van der Waals surface area contributed by atoms with Crippen LogP contribution in [0.1, 0.15) is 44.0 Å². The monoisotopic (exact) mass is 515 g/mol. The van der Waals surface area contributed by atoms with Crippen molar-refractivity contribution in [1.82, 2.24) is 10.3 Å². The third kappa shape index (κ3) is 5.63. The van der Waals surface area contributed by atoms with Crippen LogP contribution in [0.2, 0.25) is 0 Å². The maximum Gasteiger partial charge on any atom is 0.416 e. The molecule has 0 fully saturated rings. The van der Waals surface area contributed by atoms with Crippen molar-refractivity contribution in [2.24, 2.45) is 0 Å². The van der Waals surface area contributed by atoms with Crippen molar-refractivity contribution >= 4 is 11.6 Å². The summed E-state index contributed by atoms with van der Waals surface area (Å²) < 4.78 is 39.1. The number of hydrogen-bond acceptors (Lipinski definition) is 3. The molecule has 1 aromatic heterocycles. The largest absolute Gasteiger partial charge is 0.416 e. The molecule has 2 N–H and O–H groups in total. The first-order valence-electron chi connectivity index (χ1n) is 12.5. The summed E-state index contributed by atoms with van der Waals surface area (Å²) in [4.78, 5) is 17.9. The number of anilines is 1. The molecule has 1 unspecified atom stereocenters. The van der Waals surface area contributed by atoms with Crippen LogP contribution in [0.15, 0.2) is 78.9 Å². The lowest BCUT2D eigenvalue weighted by Crippen LogP contribution is -2.29. The first-order valence-corrected chi connectivity index (χ1v) is 12.5. The van der Waals surface area contributed by atoms with Crippen LogP contribution >= 0.6 is 0 Å². The number of fused-ring (bicyclic) bond motifs is 1. The normalized spacial score (nSPS) is 14.8. The van der Waals surface area contributed by atoms with Gasteiger partial charge in [0.15, 0.2) is 0 Å². The van der Waals surface area contributed by atoms with E-state index in [-0.39, 0.29) is 5.91 Å². The minimum absolute atomic E-state index is 0.293. The molecule has 194 valence electrons. The Kier molecular flexibility index (Phi) is 7.04. The van der Waals surface area contributed by atoms with Crippen LogP contribution in [-0.2, 0) is 25.6 Å². The summed E-state index contributed by atoms with van der Waals surface area (Å²) in [5.41, 5.74) is 6.81. The molecular weight excluding hydrogens is 487 g/mol. The van der Waals surface area contributed by atoms with Gasteiger partial charge in [0.05, 0.1) is 11.3 Å². The van der Waals surface area contributed by atoms with Gasteiger partial charge in [0.1, 0.15) is 0 Å². The molecule has 1 aliphatic carbocycles. The quantitative estimate of drug-likeness (QED) is 0.294. The number of aryl methyl sites for hydroxylation is 2. The average Bonchev–Trinajstić information content (AvgIpc) is 3.29. The fourth-order valence-electron chi connectivity index (χ4n) is 5.05. The van der Waals surface area contributed by atoms with E-state index < -0.39 is 11.7 Å². The molecule has 7 heteroatoms. The lowest BCUT2D eigenvalue weighted by atomic mass is 9.93. The van der Waals surface area contributed by atoms with Crippen molar-refractivity contribution in [1.29, 1.82) is 0 Å². The van der Waals surface area contributed by atoms with Crippen molar-refractivity contribution in [3.63, 3.8) is 0 Å². The number of halogens is 3. The van der Waals surface area contributed by atoms with E-state index in [0.717, 1.165) is 41.9 Å². The Bertz CT molecular complexity index is 1480. The number of benzene rings is 3. The van der Waals surface area contributed by atoms with Crippen LogP contribution in [0.5, 0.6) is 0 Å². The minimum Gasteiger partial charge on any atom is -0.322 e. The van der Waals surface area contributed by atoms with E-state index >= 15 is 0 Å². The van der Waals surface area contributed by atoms with Crippen LogP contribution in [0.4, 0.5) is 18.9 Å². The lowest BCUT2D eigenvalue weighted by Gasteiger charge is -2.15. The summed E-state index contributed by atoms with van der Waals surface area (Å²) in [6.07, 6.45) is -2.65. The second-order valence-corrected chi connectivity index (χ2v) is 9.77. The number of amides is 1. The molecule has 38 heavy (non-hydrogen) atoms. The summed E-state index contributed by atoms with van der Waals surface area (Å²) in [5, 5.41) is 6.57. The van der Waals surface area contributed by atoms with Gasteiger partial charge >= 0.3 is 6.18 Å². The van der Waals surface area contributed by atoms with Crippen molar-refractivity contribution < 1.29 is 18.0 Å². The zero-order valence-corrected chi connectivity index (χ0v) is 21.2. The van der Waals surface area contributed by atoms with Gasteiger partial charge in [0.25, 0.3) is 5.91 Å². The summed E-state index contributed by atoms with van der Waals surface area (Å²) in [6.45, 7) is 4.52. The highest BCUT2D eigenvalue weighted by atomic mass is 19.4. The maximum absolute atomic E-state index is 13.3. The third-order valence-electron chi connectivity index (χ3n) is 6.93. The van der Waals surface area contributed by atoms with E-state index in [1.165, 1.54) is 23.3 Å². The predicted molar refractivity (Wildman–Crippen MR) is 143 cm³/mol. The molecule has 0 aliphatic heterocycles. The number of nitrogens with one attached hydrogen (secondary N) is 2. The molecule has 0 saturated heterocycles. The fourth-order valence-corrected chi connectivity index (χ4v) is 5.05. The lowest BCUT2D eigenvalue weighted by molar-refractivity contribution is -0.137. The molecule has 0 radical (unpaired) electrons. The molecule has 1 amide bonds. The first kappa shape index (κ1) is 25.7. The summed E-state index contributed by atoms with van der Waals surface area (Å²) >= 11 is 0. The fraction of sp³-hybridized carbons (Fsp3) is 0.226. The number of carbonyl (C=O) groups is 1. The number of carbonyl (C=O) groups excluding carboxylic acids is 1. The molecule has 0 saturated carbocycles. The zero-order valence-electron chi connectivity index (χ0n) is 21.2. The third-order valence-corrected chi connectivity index (χ3v) is 6.93. The number of alkyl halides is 3. The number of rotatable bonds is 6. The van der Waals surface area contributed by atoms with E-state index in [1.807, 2.05) is 56.3 Å². The van der Waals surface area contributed by atoms with Gasteiger partial charge in [-0.1, -0.05) is 36.4 Å². The SMILES string of the molecule is Cc1cccc(CNC2Cc3ccc(NC(=O)c4cccc(C)c4-c4ccc(C(F)(F)F)cc4)cc3C2)n1. The van der Waals surface area contributed by atoms with E-state index in [4.69, 9.17) is 0 Å². The molecule has 5 rings (SSSR count). The maximum atomic E-state index is 13.3. The molecule has 1 aliphatic rings. The number of pyridine rings is 1. The van der Waals surface area contributed by atoms with Gasteiger partial charge in [-0.15, -0.1) is 0 Å². The number of aromatic nitrogens is 1. The van der Waals surface area contributed by atoms with Crippen LogP contribution < -0.4 is 10.6 Å². The Morgan fingerprint density at radius 1 is 0.921 bits per heavy atom. The molecule has 1 atom stereocenters. The van der Waals surface area contributed by atoms with Gasteiger partial charge in [0.2, 0.25) is 0 Å². The van der Waals surface area contributed by atoms with Crippen molar-refractivity contribution in [2.45, 2.75) is 45.5 Å². The van der Waals surface area contributed by atoms with Crippen LogP contribution in [-0.4, -0.2) is 16.9 Å². The van der Waals surface area contributed by atoms with Crippen LogP contribution in [0.25, 0.3) is 11.1 Å². The second kappa shape index (κ2) is 10.4. The van der Waals surface area contributed by atoms with Gasteiger partial charge in [-0.2, -0.15) is 13.2 Å². The van der Waals surface area contributed by atoms with Gasteiger partial charge in [-0.3, -0.25) is 9.78 Å². The summed E-state index contributed by atoms with van der Waals surface area (Å²) in [6, 6.07) is 22.5. The Labute approximate surface area is 219 Å². The van der Waals surface area contributed by atoms with E-state index in [2.05, 4.69) is 15.6 Å². The topological polar surface area (TPSA) is 54.0 Å². The molecule has 4 aromatic rings. The zero-order chi connectivity index (χ0) is 26.9. The highest BCUT2D eigenvalue weighted by Crippen LogP contribution is 2.34. The van der Waals surface area contributed by atoms with Crippen molar-refractivity contribution in [3.05, 3.63) is 118 Å². The molecule has 1 heterocycles. The Balaban J connectivity index is 1.30. The molecular formula is C31H28F3N3O. The number of nitrogens with zero attached hydrogens (tertiary/aromatic N) is 1. The van der Waals surface area contributed by atoms with E-state index in [0.29, 0.717) is 35.0 Å². The predicted octanol–water partition coefficient (Wildman–Crippen LogP) is 6.89. The average molecular weight is 516 g/mol.